The molecule has 4 aromatic carbocycles. The van der Waals surface area contributed by atoms with E-state index in [0.717, 1.165) is 149 Å². The standard InChI is InChI=1S/C23H28N8OS.C18H17ClN6OS.C14H11Cl2N3OS.C10H11NOS.C5H4Cl2N2O2S.2CH4.B.H2/c1-15-13-20(29-28-15)25-19-14-21(31-11-9-30(2)10-12-31)27-23(26-19)33-18-7-5-17(6-8-18)24-22(32)16-3-4-16;1-10-8-16(25-24-10)22-15-9-14(19)21-18(23-15)27-13-6-4-12(5-7-13)20-17(26)11-2-3-11;15-11-7-12(16)19-14(18-11)21-10-5-3-9(4-6-10)17-13(20)8-1-2-8;12-10(7-1-2-7)11-8-3-5-9(13)6-4-8;1-12(10,11)5-8-3(6)2-4(7)9-5;;;;/h5-8,13-14,16H,3-4,9-12H2,1-2H3,(H,24,32)(H2,25,26,27,28,29);4-9,11H,2-3H2,1H3,(H,20,26)(H2,21,22,23,24,25);3-8H,1-2H2,(H,17,20);3-7,13H,1-2H2,(H,11,12);2H,1H3;2*1H4;;1H/i;;;;;;;;1+1. The summed E-state index contributed by atoms with van der Waals surface area (Å²) in [5.41, 5.74) is 5.19. The maximum atomic E-state index is 12.0. The van der Waals surface area contributed by atoms with Gasteiger partial charge in [-0.2, -0.15) is 10.2 Å². The predicted molar refractivity (Wildman–Crippen MR) is 441 cm³/mol. The minimum Gasteiger partial charge on any atom is -0.354 e. The van der Waals surface area contributed by atoms with Crippen LogP contribution >= 0.6 is 106 Å². The lowest BCUT2D eigenvalue weighted by molar-refractivity contribution is -0.118. The van der Waals surface area contributed by atoms with Crippen molar-refractivity contribution in [3.8, 4) is 0 Å². The summed E-state index contributed by atoms with van der Waals surface area (Å²) in [6, 6.07) is 40.6. The monoisotopic (exact) mass is 1670 g/mol. The third-order valence-electron chi connectivity index (χ3n) is 15.7. The molecule has 0 spiro atoms. The first-order valence-corrected chi connectivity index (χ1v) is 39.9. The number of likely N-dealkylation sites (N-methyl/N-ethyl adjacent to an activating group) is 1. The molecule has 573 valence electrons. The normalized spacial score (nSPS) is 14.2. The van der Waals surface area contributed by atoms with Gasteiger partial charge in [-0.05, 0) is 205 Å². The molecule has 4 amide bonds. The number of carbonyl (C=O) groups excluding carboxylic acids is 4. The molecule has 6 aromatic heterocycles. The lowest BCUT2D eigenvalue weighted by Crippen LogP contribution is -2.44. The SMILES string of the molecule is C.C.CS(=O)(=O)c1nc(Cl)cc(Cl)n1.Cc1cc(Nc2cc(Cl)nc(Sc3ccc(NC(=O)C4CC4)cc3)n2)n[nH]1.Cc1cc(Nc2cc(N3CCN(C)CC3)nc(Sc3ccc(NC(=O)C4CC4)cc3)n2)n[nH]1.O=C(Nc1ccc(S)cc1)C1CC1.O=C(Nc1ccc(Sc2nc(Cl)cc(Cl)n2)cc1)C1CC1.[2HH].[B]. The van der Waals surface area contributed by atoms with E-state index in [-0.39, 0.29) is 87.5 Å². The fourth-order valence-electron chi connectivity index (χ4n) is 9.45. The Balaban J connectivity index is 0.000000198. The highest BCUT2D eigenvalue weighted by Crippen LogP contribution is 2.37. The molecule has 0 atom stereocenters. The number of sulfone groups is 1. The van der Waals surface area contributed by atoms with Gasteiger partial charge in [0.25, 0.3) is 0 Å². The van der Waals surface area contributed by atoms with Gasteiger partial charge in [-0.3, -0.25) is 29.4 Å². The van der Waals surface area contributed by atoms with Crippen LogP contribution < -0.4 is 36.8 Å². The fourth-order valence-corrected chi connectivity index (χ4v) is 13.7. The second-order valence-electron chi connectivity index (χ2n) is 25.0. The Morgan fingerprint density at radius 3 is 1.09 bits per heavy atom. The van der Waals surface area contributed by atoms with Gasteiger partial charge in [0.1, 0.15) is 43.2 Å². The van der Waals surface area contributed by atoms with Gasteiger partial charge < -0.3 is 41.7 Å². The quantitative estimate of drug-likeness (QED) is 0.0148. The topological polar surface area (TPSA) is 342 Å². The van der Waals surface area contributed by atoms with Gasteiger partial charge in [0.2, 0.25) is 38.6 Å². The number of anilines is 9. The van der Waals surface area contributed by atoms with Gasteiger partial charge in [0, 0.05) is 156 Å². The van der Waals surface area contributed by atoms with Crippen LogP contribution in [-0.4, -0.2) is 145 Å². The number of piperazine rings is 1. The van der Waals surface area contributed by atoms with Crippen LogP contribution in [0, 0.1) is 37.5 Å². The highest BCUT2D eigenvalue weighted by Gasteiger charge is 2.32. The summed E-state index contributed by atoms with van der Waals surface area (Å²) in [4.78, 5) is 88.7. The highest BCUT2D eigenvalue weighted by molar-refractivity contribution is 7.99. The summed E-state index contributed by atoms with van der Waals surface area (Å²) in [6.07, 6.45) is 9.01. The van der Waals surface area contributed by atoms with Crippen molar-refractivity contribution in [3.63, 3.8) is 0 Å². The van der Waals surface area contributed by atoms with E-state index in [1.807, 2.05) is 129 Å². The Morgan fingerprint density at radius 2 is 0.761 bits per heavy atom. The maximum absolute atomic E-state index is 12.0. The number of aryl methyl sites for hydroxylation is 2. The predicted octanol–water partition coefficient (Wildman–Crippen LogP) is 16.8. The molecule has 4 aliphatic carbocycles. The number of carbonyl (C=O) groups is 4. The average molecular weight is 1670 g/mol. The van der Waals surface area contributed by atoms with Crippen molar-refractivity contribution in [2.75, 3.05) is 76.3 Å². The van der Waals surface area contributed by atoms with Crippen molar-refractivity contribution in [2.24, 2.45) is 23.7 Å². The molecule has 1 aliphatic heterocycles. The summed E-state index contributed by atoms with van der Waals surface area (Å²) in [5, 5.41) is 34.5. The zero-order valence-corrected chi connectivity index (χ0v) is 65.8. The molecule has 37 heteroatoms. The molecule has 109 heavy (non-hydrogen) atoms. The van der Waals surface area contributed by atoms with Crippen LogP contribution in [0.3, 0.4) is 0 Å². The van der Waals surface area contributed by atoms with E-state index in [1.54, 1.807) is 6.07 Å². The Bertz CT molecular complexity index is 4820. The molecule has 0 unspecified atom stereocenters. The number of aromatic nitrogens is 12. The molecule has 15 rings (SSSR count). The molecule has 10 aromatic rings. The summed E-state index contributed by atoms with van der Waals surface area (Å²) in [5.74, 6) is 4.85. The number of nitrogens with zero attached hydrogens (tertiary/aromatic N) is 12. The van der Waals surface area contributed by atoms with Gasteiger partial charge in [-0.1, -0.05) is 72.9 Å². The van der Waals surface area contributed by atoms with Crippen LogP contribution in [0.25, 0.3) is 0 Å². The van der Waals surface area contributed by atoms with Crippen LogP contribution in [0.15, 0.2) is 174 Å². The van der Waals surface area contributed by atoms with Crippen molar-refractivity contribution in [3.05, 3.63) is 171 Å². The molecular weight excluding hydrogens is 1590 g/mol. The molecule has 26 nitrogen and oxygen atoms in total. The number of hydrogen-bond acceptors (Lipinski definition) is 24. The van der Waals surface area contributed by atoms with Crippen LogP contribution in [0.5, 0.6) is 0 Å². The third-order valence-corrected chi connectivity index (χ3v) is 20.4. The summed E-state index contributed by atoms with van der Waals surface area (Å²) in [6.45, 7) is 7.74. The molecule has 3 radical (unpaired) electrons. The Labute approximate surface area is 679 Å². The number of hydrogen-bond donors (Lipinski definition) is 9. The minimum atomic E-state index is -3.44. The van der Waals surface area contributed by atoms with Crippen molar-refractivity contribution >= 4 is 200 Å². The second-order valence-corrected chi connectivity index (χ2v) is 32.5. The number of benzene rings is 4. The number of amides is 4. The van der Waals surface area contributed by atoms with Gasteiger partial charge >= 0.3 is 0 Å². The molecule has 4 saturated carbocycles. The van der Waals surface area contributed by atoms with Crippen LogP contribution in [0.2, 0.25) is 25.8 Å². The third kappa shape index (κ3) is 28.8. The lowest BCUT2D eigenvalue weighted by atomic mass is 10.3. The smallest absolute Gasteiger partial charge is 0.249 e. The van der Waals surface area contributed by atoms with E-state index in [2.05, 4.69) is 112 Å². The van der Waals surface area contributed by atoms with E-state index in [9.17, 15) is 27.6 Å². The summed E-state index contributed by atoms with van der Waals surface area (Å²) in [7, 11) is -1.30. The summed E-state index contributed by atoms with van der Waals surface area (Å²) >= 11 is 37.1. The largest absolute Gasteiger partial charge is 0.354 e. The van der Waals surface area contributed by atoms with E-state index < -0.39 is 9.84 Å². The molecule has 1 saturated heterocycles. The average Bonchev–Trinajstić information content (AvgIpc) is 1.65. The van der Waals surface area contributed by atoms with Gasteiger partial charge in [-0.25, -0.2) is 48.3 Å². The fraction of sp³-hybridized carbons (Fsp3) is 0.306. The first-order valence-electron chi connectivity index (χ1n) is 33.2. The van der Waals surface area contributed by atoms with Gasteiger partial charge in [0.15, 0.2) is 27.1 Å². The first-order chi connectivity index (χ1) is 50.8. The number of aromatic amines is 2. The number of H-pyrrole nitrogens is 2. The Morgan fingerprint density at radius 1 is 0.450 bits per heavy atom. The second kappa shape index (κ2) is 40.6. The van der Waals surface area contributed by atoms with Crippen LogP contribution in [-0.2, 0) is 29.0 Å². The van der Waals surface area contributed by atoms with Gasteiger partial charge in [-0.15, -0.1) is 12.6 Å². The lowest BCUT2D eigenvalue weighted by Gasteiger charge is -2.33. The highest BCUT2D eigenvalue weighted by atomic mass is 35.5. The number of halogens is 5. The number of thiol groups is 1. The number of rotatable bonds is 20. The minimum absolute atomic E-state index is 0. The molecule has 8 N–H and O–H groups in total. The van der Waals surface area contributed by atoms with E-state index in [4.69, 9.17) is 68.0 Å². The zero-order chi connectivity index (χ0) is 75.0. The van der Waals surface area contributed by atoms with Crippen LogP contribution in [0.4, 0.5) is 51.8 Å². The van der Waals surface area contributed by atoms with Gasteiger partial charge in [0.05, 0.1) is 0 Å². The van der Waals surface area contributed by atoms with Crippen molar-refractivity contribution in [2.45, 2.75) is 120 Å². The molecule has 5 aliphatic rings. The number of nitrogens with one attached hydrogen (secondary N) is 8. The molecule has 5 fully saturated rings. The van der Waals surface area contributed by atoms with E-state index >= 15 is 0 Å². The van der Waals surface area contributed by atoms with E-state index in [0.29, 0.717) is 48.4 Å². The molecule has 0 bridgehead atoms. The van der Waals surface area contributed by atoms with E-state index in [1.165, 1.54) is 47.4 Å². The molecular formula is C72H81BCl5N20O6S5. The van der Waals surface area contributed by atoms with Crippen molar-refractivity contribution < 1.29 is 29.0 Å². The Hall–Kier alpha value is -8.28. The molecule has 7 heterocycles. The zero-order valence-electron chi connectivity index (χ0n) is 57.9. The maximum Gasteiger partial charge on any atom is 0.249 e. The van der Waals surface area contributed by atoms with Crippen molar-refractivity contribution in [1.29, 1.82) is 0 Å². The first kappa shape index (κ1) is 86.3. The van der Waals surface area contributed by atoms with Crippen LogP contribution in [0.1, 0.15) is 79.0 Å². The van der Waals surface area contributed by atoms with Crippen molar-refractivity contribution in [1.82, 2.24) is 65.2 Å². The summed E-state index contributed by atoms with van der Waals surface area (Å²) < 4.78 is 21.8. The Kier molecular flexibility index (Phi) is 32.2.